The maximum atomic E-state index is 8.71. The highest BCUT2D eigenvalue weighted by Crippen LogP contribution is 2.44. The van der Waals surface area contributed by atoms with Gasteiger partial charge < -0.3 is 4.90 Å². The van der Waals surface area contributed by atoms with Crippen LogP contribution in [-0.4, -0.2) is 19.1 Å². The van der Waals surface area contributed by atoms with Crippen LogP contribution >= 0.6 is 11.3 Å². The molecule has 0 amide bonds. The molecule has 0 spiro atoms. The second-order valence-electron chi connectivity index (χ2n) is 3.81. The number of thiazole rings is 1. The van der Waals surface area contributed by atoms with Crippen LogP contribution in [0.15, 0.2) is 0 Å². The largest absolute Gasteiger partial charge is 0.354 e. The van der Waals surface area contributed by atoms with E-state index >= 15 is 0 Å². The Kier molecular flexibility index (Phi) is 2.42. The summed E-state index contributed by atoms with van der Waals surface area (Å²) in [7, 11) is 3.98. The summed E-state index contributed by atoms with van der Waals surface area (Å²) in [6.45, 7) is 0. The molecule has 1 aromatic heterocycles. The average Bonchev–Trinajstić information content (AvgIpc) is 2.89. The Bertz CT molecular complexity index is 371. The van der Waals surface area contributed by atoms with Gasteiger partial charge in [0.1, 0.15) is 0 Å². The van der Waals surface area contributed by atoms with Crippen LogP contribution in [0.4, 0.5) is 5.13 Å². The maximum absolute atomic E-state index is 8.71. The van der Waals surface area contributed by atoms with Gasteiger partial charge >= 0.3 is 0 Å². The van der Waals surface area contributed by atoms with Crippen molar-refractivity contribution >= 4 is 16.5 Å². The summed E-state index contributed by atoms with van der Waals surface area (Å²) >= 11 is 1.65. The molecule has 0 atom stereocenters. The SMILES string of the molecule is CN(C)c1nc(C2CC2)c(CC#N)s1. The molecule has 1 aromatic rings. The van der Waals surface area contributed by atoms with E-state index in [2.05, 4.69) is 11.1 Å². The minimum absolute atomic E-state index is 0.511. The molecule has 14 heavy (non-hydrogen) atoms. The van der Waals surface area contributed by atoms with Gasteiger partial charge in [0.2, 0.25) is 0 Å². The molecule has 0 radical (unpaired) electrons. The molecular weight excluding hydrogens is 194 g/mol. The van der Waals surface area contributed by atoms with Crippen molar-refractivity contribution in [3.05, 3.63) is 10.6 Å². The van der Waals surface area contributed by atoms with Crippen molar-refractivity contribution in [2.75, 3.05) is 19.0 Å². The molecule has 1 heterocycles. The van der Waals surface area contributed by atoms with E-state index < -0.39 is 0 Å². The fraction of sp³-hybridized carbons (Fsp3) is 0.600. The predicted molar refractivity (Wildman–Crippen MR) is 57.7 cm³/mol. The van der Waals surface area contributed by atoms with Crippen molar-refractivity contribution in [2.45, 2.75) is 25.2 Å². The van der Waals surface area contributed by atoms with E-state index in [4.69, 9.17) is 5.26 Å². The molecule has 3 nitrogen and oxygen atoms in total. The van der Waals surface area contributed by atoms with E-state index in [0.29, 0.717) is 12.3 Å². The summed E-state index contributed by atoms with van der Waals surface area (Å²) in [5.74, 6) is 0.642. The van der Waals surface area contributed by atoms with Gasteiger partial charge in [-0.1, -0.05) is 0 Å². The second kappa shape index (κ2) is 3.58. The smallest absolute Gasteiger partial charge is 0.185 e. The highest BCUT2D eigenvalue weighted by molar-refractivity contribution is 7.15. The van der Waals surface area contributed by atoms with Gasteiger partial charge in [-0.2, -0.15) is 5.26 Å². The van der Waals surface area contributed by atoms with Crippen LogP contribution in [0, 0.1) is 11.3 Å². The molecule has 4 heteroatoms. The highest BCUT2D eigenvalue weighted by Gasteiger charge is 2.29. The van der Waals surface area contributed by atoms with E-state index in [0.717, 1.165) is 5.13 Å². The van der Waals surface area contributed by atoms with Gasteiger partial charge in [-0.05, 0) is 12.8 Å². The Labute approximate surface area is 88.0 Å². The predicted octanol–water partition coefficient (Wildman–Crippen LogP) is 2.15. The van der Waals surface area contributed by atoms with E-state index in [1.165, 1.54) is 23.4 Å². The third-order valence-corrected chi connectivity index (χ3v) is 3.54. The molecule has 0 bridgehead atoms. The van der Waals surface area contributed by atoms with Crippen LogP contribution in [0.5, 0.6) is 0 Å². The summed E-state index contributed by atoms with van der Waals surface area (Å²) in [6, 6.07) is 2.21. The van der Waals surface area contributed by atoms with Crippen molar-refractivity contribution in [1.82, 2.24) is 4.98 Å². The van der Waals surface area contributed by atoms with Gasteiger partial charge in [-0.3, -0.25) is 0 Å². The van der Waals surface area contributed by atoms with Crippen molar-refractivity contribution in [3.8, 4) is 6.07 Å². The monoisotopic (exact) mass is 207 g/mol. The maximum Gasteiger partial charge on any atom is 0.185 e. The Morgan fingerprint density at radius 3 is 2.79 bits per heavy atom. The summed E-state index contributed by atoms with van der Waals surface area (Å²) < 4.78 is 0. The Morgan fingerprint density at radius 2 is 2.29 bits per heavy atom. The number of nitrogens with zero attached hydrogens (tertiary/aromatic N) is 3. The quantitative estimate of drug-likeness (QED) is 0.762. The van der Waals surface area contributed by atoms with Crippen LogP contribution in [0.3, 0.4) is 0 Å². The average molecular weight is 207 g/mol. The minimum atomic E-state index is 0.511. The third-order valence-electron chi connectivity index (χ3n) is 2.30. The van der Waals surface area contributed by atoms with Gasteiger partial charge in [-0.15, -0.1) is 11.3 Å². The lowest BCUT2D eigenvalue weighted by Crippen LogP contribution is -2.07. The van der Waals surface area contributed by atoms with Gasteiger partial charge in [0.25, 0.3) is 0 Å². The Morgan fingerprint density at radius 1 is 1.57 bits per heavy atom. The zero-order valence-electron chi connectivity index (χ0n) is 8.45. The zero-order chi connectivity index (χ0) is 10.1. The first-order chi connectivity index (χ1) is 6.72. The van der Waals surface area contributed by atoms with Crippen LogP contribution < -0.4 is 4.90 Å². The number of rotatable bonds is 3. The molecule has 74 valence electrons. The molecule has 0 aromatic carbocycles. The van der Waals surface area contributed by atoms with E-state index in [9.17, 15) is 0 Å². The lowest BCUT2D eigenvalue weighted by Gasteiger charge is -2.05. The van der Waals surface area contributed by atoms with Crippen LogP contribution in [0.2, 0.25) is 0 Å². The highest BCUT2D eigenvalue weighted by atomic mass is 32.1. The normalized spacial score (nSPS) is 15.2. The van der Waals surface area contributed by atoms with Gasteiger partial charge in [0, 0.05) is 24.9 Å². The lowest BCUT2D eigenvalue weighted by molar-refractivity contribution is 0.994. The van der Waals surface area contributed by atoms with Crippen LogP contribution in [0.25, 0.3) is 0 Å². The first-order valence-electron chi connectivity index (χ1n) is 4.76. The number of nitriles is 1. The summed E-state index contributed by atoms with van der Waals surface area (Å²) in [4.78, 5) is 7.76. The zero-order valence-corrected chi connectivity index (χ0v) is 9.27. The number of anilines is 1. The molecule has 0 unspecified atom stereocenters. The van der Waals surface area contributed by atoms with Gasteiger partial charge in [0.05, 0.1) is 18.2 Å². The fourth-order valence-electron chi connectivity index (χ4n) is 1.42. The molecular formula is C10H13N3S. The van der Waals surface area contributed by atoms with Crippen molar-refractivity contribution in [2.24, 2.45) is 0 Å². The minimum Gasteiger partial charge on any atom is -0.354 e. The molecule has 2 rings (SSSR count). The fourth-order valence-corrected chi connectivity index (χ4v) is 2.42. The molecule has 1 saturated carbocycles. The van der Waals surface area contributed by atoms with Crippen molar-refractivity contribution in [1.29, 1.82) is 5.26 Å². The molecule has 0 aliphatic heterocycles. The number of hydrogen-bond acceptors (Lipinski definition) is 4. The van der Waals surface area contributed by atoms with Crippen LogP contribution in [0.1, 0.15) is 29.3 Å². The first kappa shape index (κ1) is 9.47. The summed E-state index contributed by atoms with van der Waals surface area (Å²) in [6.07, 6.45) is 3.00. The van der Waals surface area contributed by atoms with E-state index in [1.807, 2.05) is 19.0 Å². The van der Waals surface area contributed by atoms with Gasteiger partial charge in [-0.25, -0.2) is 4.98 Å². The standard InChI is InChI=1S/C10H13N3S/c1-13(2)10-12-9(7-3-4-7)8(14-10)5-6-11/h7H,3-5H2,1-2H3. The van der Waals surface area contributed by atoms with Crippen molar-refractivity contribution < 1.29 is 0 Å². The second-order valence-corrected chi connectivity index (χ2v) is 4.87. The van der Waals surface area contributed by atoms with E-state index in [1.54, 1.807) is 11.3 Å². The van der Waals surface area contributed by atoms with Crippen molar-refractivity contribution in [3.63, 3.8) is 0 Å². The topological polar surface area (TPSA) is 39.9 Å². The third kappa shape index (κ3) is 1.73. The Hall–Kier alpha value is -1.08. The summed E-state index contributed by atoms with van der Waals surface area (Å²) in [5.41, 5.74) is 1.18. The van der Waals surface area contributed by atoms with Crippen LogP contribution in [-0.2, 0) is 6.42 Å². The molecule has 1 fully saturated rings. The van der Waals surface area contributed by atoms with Gasteiger partial charge in [0.15, 0.2) is 5.13 Å². The molecule has 1 aliphatic carbocycles. The number of hydrogen-bond donors (Lipinski definition) is 0. The lowest BCUT2D eigenvalue weighted by atomic mass is 10.2. The Balaban J connectivity index is 2.31. The van der Waals surface area contributed by atoms with E-state index in [-0.39, 0.29) is 0 Å². The molecule has 0 saturated heterocycles. The molecule has 0 N–H and O–H groups in total. The first-order valence-corrected chi connectivity index (χ1v) is 5.58. The number of aromatic nitrogens is 1. The molecule has 1 aliphatic rings. The summed E-state index contributed by atoms with van der Waals surface area (Å²) in [5, 5.41) is 9.73.